The predicted molar refractivity (Wildman–Crippen MR) is 50.1 cm³/mol. The van der Waals surface area contributed by atoms with Crippen LogP contribution >= 0.6 is 9.47 Å². The van der Waals surface area contributed by atoms with Gasteiger partial charge < -0.3 is 9.26 Å². The molecule has 1 fully saturated rings. The highest BCUT2D eigenvalue weighted by molar-refractivity contribution is 7.09. The molecule has 4 nitrogen and oxygen atoms in total. The van der Waals surface area contributed by atoms with E-state index in [4.69, 9.17) is 16.5 Å². The molecule has 5 heteroatoms. The number of ether oxygens (including phenoxy) is 1. The lowest BCUT2D eigenvalue weighted by molar-refractivity contribution is -0.928. The molecule has 0 bridgehead atoms. The lowest BCUT2D eigenvalue weighted by Crippen LogP contribution is -2.58. The van der Waals surface area contributed by atoms with E-state index in [1.54, 1.807) is 0 Å². The summed E-state index contributed by atoms with van der Waals surface area (Å²) >= 11 is 0. The molecule has 1 aliphatic heterocycles. The van der Waals surface area contributed by atoms with Crippen molar-refractivity contribution in [1.82, 2.24) is 0 Å². The summed E-state index contributed by atoms with van der Waals surface area (Å²) < 4.78 is 18.1. The Hall–Kier alpha value is 0.270. The predicted octanol–water partition coefficient (Wildman–Crippen LogP) is -0.0993. The number of quaternary nitrogens is 1. The molecule has 0 aromatic carbocycles. The van der Waals surface area contributed by atoms with Gasteiger partial charge in [-0.3, -0.25) is 0 Å². The van der Waals surface area contributed by atoms with Crippen LogP contribution in [0.4, 0.5) is 0 Å². The van der Waals surface area contributed by atoms with Gasteiger partial charge in [0.2, 0.25) is 0 Å². The van der Waals surface area contributed by atoms with Crippen molar-refractivity contribution in [3.63, 3.8) is 0 Å². The molecule has 0 aromatic rings. The summed E-state index contributed by atoms with van der Waals surface area (Å²) in [6, 6.07) is 0.142. The summed E-state index contributed by atoms with van der Waals surface area (Å²) in [6.45, 7) is 0.0138. The zero-order valence-corrected chi connectivity index (χ0v) is 8.72. The van der Waals surface area contributed by atoms with Gasteiger partial charge in [0.1, 0.15) is 12.1 Å². The molecule has 1 rings (SSSR count). The first-order chi connectivity index (χ1) is 5.95. The van der Waals surface area contributed by atoms with E-state index in [1.807, 2.05) is 14.1 Å². The van der Waals surface area contributed by atoms with Crippen LogP contribution in [-0.4, -0.2) is 44.0 Å². The maximum absolute atomic E-state index is 7.50. The van der Waals surface area contributed by atoms with E-state index in [1.165, 1.54) is 0 Å². The summed E-state index contributed by atoms with van der Waals surface area (Å²) in [6.07, 6.45) is 0.599. The molecule has 0 aliphatic carbocycles. The molecular weight excluding hydrogens is 175 g/mol. The maximum atomic E-state index is 7.50. The van der Waals surface area contributed by atoms with Crippen molar-refractivity contribution in [3.05, 3.63) is 0 Å². The van der Waals surface area contributed by atoms with Crippen molar-refractivity contribution < 1.29 is 15.2 Å². The van der Waals surface area contributed by atoms with Crippen LogP contribution in [0, 0.1) is 0 Å². The van der Waals surface area contributed by atoms with E-state index in [-0.39, 0.29) is 12.1 Å². The molecule has 1 aliphatic rings. The van der Waals surface area contributed by atoms with E-state index in [0.717, 1.165) is 0 Å². The molecule has 2 N–H and O–H groups in total. The average molecular weight is 195 g/mol. The molecule has 0 saturated carbocycles. The third kappa shape index (κ3) is 2.38. The summed E-state index contributed by atoms with van der Waals surface area (Å²) in [5, 5.41) is 0. The summed E-state index contributed by atoms with van der Waals surface area (Å²) in [4.78, 5) is 0. The second-order valence-corrected chi connectivity index (χ2v) is 3.94. The van der Waals surface area contributed by atoms with Gasteiger partial charge in [-0.05, 0) is 0 Å². The lowest BCUT2D eigenvalue weighted by atomic mass is 10.1. The molecular formula is C7H18N2O2P+. The van der Waals surface area contributed by atoms with Crippen LogP contribution in [0.15, 0.2) is 0 Å². The first kappa shape index (κ1) is 8.85. The normalized spacial score (nSPS) is 38.3. The fourth-order valence-electron chi connectivity index (χ4n) is 1.47. The largest absolute Gasteiger partial charge is 0.369 e. The first-order valence-corrected chi connectivity index (χ1v) is 4.44. The number of rotatable bonds is 3. The number of hydrogen-bond acceptors (Lipinski definition) is 3. The standard InChI is InChI=1S/C7H18N2O2P/c1-9(2,8)6-3-4-10-7(6)5-11-12/h6-7H,3-5,8,12H2,1-2H3/q+1/i4T. The number of likely N-dealkylation sites (N-methyl/N-ethyl adjacent to an activating group) is 1. The van der Waals surface area contributed by atoms with Gasteiger partial charge in [-0.25, -0.2) is 4.59 Å². The van der Waals surface area contributed by atoms with Gasteiger partial charge in [0.15, 0.2) is 0 Å². The second-order valence-electron chi connectivity index (χ2n) is 3.61. The van der Waals surface area contributed by atoms with Crippen LogP contribution in [0.25, 0.3) is 0 Å². The van der Waals surface area contributed by atoms with Gasteiger partial charge in [-0.1, -0.05) is 0 Å². The van der Waals surface area contributed by atoms with Crippen molar-refractivity contribution in [2.45, 2.75) is 18.6 Å². The maximum Gasteiger partial charge on any atom is 0.137 e. The van der Waals surface area contributed by atoms with Crippen LogP contribution < -0.4 is 5.84 Å². The van der Waals surface area contributed by atoms with Crippen molar-refractivity contribution in [3.8, 4) is 0 Å². The number of nitrogens with zero attached hydrogens (tertiary/aromatic N) is 1. The van der Waals surface area contributed by atoms with Crippen molar-refractivity contribution in [2.24, 2.45) is 5.84 Å². The molecule has 72 valence electrons. The Morgan fingerprint density at radius 2 is 2.50 bits per heavy atom. The highest BCUT2D eigenvalue weighted by atomic mass is 31.0. The summed E-state index contributed by atoms with van der Waals surface area (Å²) in [7, 11) is 6.00. The fourth-order valence-corrected chi connectivity index (χ4v) is 1.66. The summed E-state index contributed by atoms with van der Waals surface area (Å²) in [5.74, 6) is 5.94. The monoisotopic (exact) mass is 195 g/mol. The Morgan fingerprint density at radius 3 is 3.00 bits per heavy atom. The van der Waals surface area contributed by atoms with E-state index >= 15 is 0 Å². The summed E-state index contributed by atoms with van der Waals surface area (Å²) in [5.41, 5.74) is 0. The number of nitrogens with two attached hydrogens (primary N) is 1. The minimum absolute atomic E-state index is 0.0694. The minimum Gasteiger partial charge on any atom is -0.369 e. The third-order valence-electron chi connectivity index (χ3n) is 2.15. The Labute approximate surface area is 77.3 Å². The van der Waals surface area contributed by atoms with Crippen LogP contribution in [0.2, 0.25) is 0 Å². The highest BCUT2D eigenvalue weighted by Gasteiger charge is 2.38. The van der Waals surface area contributed by atoms with Crippen LogP contribution in [0.5, 0.6) is 0 Å². The molecule has 0 spiro atoms. The lowest BCUT2D eigenvalue weighted by Gasteiger charge is -2.32. The van der Waals surface area contributed by atoms with Crippen molar-refractivity contribution in [1.29, 1.82) is 0 Å². The Balaban J connectivity index is 2.60. The molecule has 1 heterocycles. The average Bonchev–Trinajstić information content (AvgIpc) is 2.30. The van der Waals surface area contributed by atoms with Gasteiger partial charge in [-0.15, -0.1) is 0 Å². The van der Waals surface area contributed by atoms with E-state index in [9.17, 15) is 0 Å². The Morgan fingerprint density at radius 1 is 1.83 bits per heavy atom. The van der Waals surface area contributed by atoms with Gasteiger partial charge in [-0.2, -0.15) is 5.84 Å². The van der Waals surface area contributed by atoms with Crippen LogP contribution in [0.3, 0.4) is 0 Å². The highest BCUT2D eigenvalue weighted by Crippen LogP contribution is 2.21. The molecule has 1 saturated heterocycles. The third-order valence-corrected chi connectivity index (χ3v) is 2.35. The zero-order chi connectivity index (χ0) is 10.1. The van der Waals surface area contributed by atoms with E-state index < -0.39 is 6.58 Å². The Kier molecular flexibility index (Phi) is 2.94. The smallest absolute Gasteiger partial charge is 0.137 e. The van der Waals surface area contributed by atoms with Crippen LogP contribution in [-0.2, 0) is 9.26 Å². The molecule has 4 atom stereocenters. The zero-order valence-electron chi connectivity index (χ0n) is 8.56. The second kappa shape index (κ2) is 3.99. The molecule has 0 radical (unpaired) electrons. The van der Waals surface area contributed by atoms with E-state index in [2.05, 4.69) is 9.47 Å². The van der Waals surface area contributed by atoms with Gasteiger partial charge >= 0.3 is 0 Å². The van der Waals surface area contributed by atoms with Crippen LogP contribution in [0.1, 0.15) is 7.79 Å². The molecule has 12 heavy (non-hydrogen) atoms. The molecule has 0 amide bonds. The SMILES string of the molecule is [3H]C1CC([N+](C)(C)N)C(COP)O1. The van der Waals surface area contributed by atoms with Crippen molar-refractivity contribution >= 4 is 9.47 Å². The molecule has 0 aromatic heterocycles. The van der Waals surface area contributed by atoms with Crippen molar-refractivity contribution in [2.75, 3.05) is 27.3 Å². The molecule has 4 unspecified atom stereocenters. The first-order valence-electron chi connectivity index (χ1n) is 4.54. The Bertz CT molecular complexity index is 176. The van der Waals surface area contributed by atoms with Gasteiger partial charge in [0, 0.05) is 15.9 Å². The van der Waals surface area contributed by atoms with Gasteiger partial charge in [0.05, 0.1) is 28.7 Å². The topological polar surface area (TPSA) is 44.5 Å². The van der Waals surface area contributed by atoms with E-state index in [0.29, 0.717) is 17.6 Å². The number of hydrogen-bond donors (Lipinski definition) is 1. The van der Waals surface area contributed by atoms with Gasteiger partial charge in [0.25, 0.3) is 0 Å². The quantitative estimate of drug-likeness (QED) is 0.296. The fraction of sp³-hybridized carbons (Fsp3) is 1.00. The minimum atomic E-state index is -0.462.